The number of benzene rings is 15. The molecule has 104 heavy (non-hydrogen) atoms. The SMILES string of the molecule is N#Cc1ccc(C#Cc2cc(B(C(c3ccccc3)(c3ccccc3)c3ccccc3)C(c3ccccc3)(c3ccccc3)c3ccccc3)c(C#Cc3ccc(C#N)cc3)cc2B(C(c2ccccc2)(c2ccccc2)c2ccccc2)C(c2ccccc2)(c2ccccc2)c2ccccc2)cc1. The summed E-state index contributed by atoms with van der Waals surface area (Å²) in [5.41, 5.74) is 18.8. The third kappa shape index (κ3) is 12.1. The van der Waals surface area contributed by atoms with Gasteiger partial charge in [0, 0.05) is 43.5 Å². The summed E-state index contributed by atoms with van der Waals surface area (Å²) >= 11 is 0. The molecular formula is C100H70B2N2. The average Bonchev–Trinajstić information content (AvgIpc) is 0.689. The molecule has 0 atom stereocenters. The molecule has 0 saturated heterocycles. The predicted molar refractivity (Wildman–Crippen MR) is 428 cm³/mol. The van der Waals surface area contributed by atoms with Crippen LogP contribution in [0.15, 0.2) is 425 Å². The maximum atomic E-state index is 10.3. The zero-order valence-corrected chi connectivity index (χ0v) is 57.5. The van der Waals surface area contributed by atoms with Crippen molar-refractivity contribution in [3.05, 3.63) is 525 Å². The molecule has 0 N–H and O–H groups in total. The molecule has 15 rings (SSSR count). The van der Waals surface area contributed by atoms with Crippen LogP contribution in [0.4, 0.5) is 0 Å². The lowest BCUT2D eigenvalue weighted by Crippen LogP contribution is -2.67. The van der Waals surface area contributed by atoms with Crippen molar-refractivity contribution in [2.75, 3.05) is 0 Å². The van der Waals surface area contributed by atoms with Crippen molar-refractivity contribution in [1.82, 2.24) is 0 Å². The predicted octanol–water partition coefficient (Wildman–Crippen LogP) is 19.9. The van der Waals surface area contributed by atoms with Crippen LogP contribution in [0, 0.1) is 46.3 Å². The monoisotopic (exact) mass is 1320 g/mol. The molecular weight excluding hydrogens is 1250 g/mol. The van der Waals surface area contributed by atoms with Crippen molar-refractivity contribution >= 4 is 24.4 Å². The second-order valence-corrected chi connectivity index (χ2v) is 26.4. The van der Waals surface area contributed by atoms with Gasteiger partial charge in [-0.25, -0.2) is 0 Å². The Morgan fingerprint density at radius 3 is 0.462 bits per heavy atom. The second-order valence-electron chi connectivity index (χ2n) is 26.4. The van der Waals surface area contributed by atoms with E-state index in [0.717, 1.165) is 99.9 Å². The van der Waals surface area contributed by atoms with E-state index >= 15 is 0 Å². The van der Waals surface area contributed by atoms with Gasteiger partial charge >= 0.3 is 0 Å². The number of nitrogens with zero attached hydrogens (tertiary/aromatic N) is 2. The van der Waals surface area contributed by atoms with E-state index in [2.05, 4.69) is 412 Å². The maximum Gasteiger partial charge on any atom is 0.220 e. The first-order chi connectivity index (χ1) is 51.5. The van der Waals surface area contributed by atoms with E-state index in [1.807, 2.05) is 48.5 Å². The molecule has 0 aromatic heterocycles. The van der Waals surface area contributed by atoms with Gasteiger partial charge in [0.2, 0.25) is 13.4 Å². The second kappa shape index (κ2) is 30.2. The van der Waals surface area contributed by atoms with Gasteiger partial charge in [0.05, 0.1) is 23.3 Å². The lowest BCUT2D eigenvalue weighted by atomic mass is 9.12. The number of nitriles is 2. The van der Waals surface area contributed by atoms with Gasteiger partial charge in [0.25, 0.3) is 0 Å². The summed E-state index contributed by atoms with van der Waals surface area (Å²) in [7, 11) is 0. The highest BCUT2D eigenvalue weighted by molar-refractivity contribution is 6.84. The largest absolute Gasteiger partial charge is 0.220 e. The van der Waals surface area contributed by atoms with Gasteiger partial charge in [-0.3, -0.25) is 0 Å². The highest BCUT2D eigenvalue weighted by Gasteiger charge is 2.63. The topological polar surface area (TPSA) is 47.6 Å². The van der Waals surface area contributed by atoms with Gasteiger partial charge in [0.15, 0.2) is 0 Å². The average molecular weight is 1320 g/mol. The van der Waals surface area contributed by atoms with Crippen LogP contribution in [-0.2, 0) is 21.3 Å². The van der Waals surface area contributed by atoms with Crippen LogP contribution in [0.25, 0.3) is 0 Å². The van der Waals surface area contributed by atoms with Crippen LogP contribution in [-0.4, -0.2) is 13.4 Å². The molecule has 0 bridgehead atoms. The summed E-state index contributed by atoms with van der Waals surface area (Å²) in [6.45, 7) is -1.38. The Bertz CT molecular complexity index is 4590. The number of rotatable bonds is 18. The maximum absolute atomic E-state index is 10.3. The molecule has 15 aromatic carbocycles. The Labute approximate surface area is 612 Å². The molecule has 0 saturated carbocycles. The van der Waals surface area contributed by atoms with Crippen LogP contribution in [0.5, 0.6) is 0 Å². The molecule has 486 valence electrons. The first kappa shape index (κ1) is 66.4. The van der Waals surface area contributed by atoms with Gasteiger partial charge in [-0.05, 0) is 115 Å². The molecule has 2 nitrogen and oxygen atoms in total. The molecule has 0 aliphatic carbocycles. The van der Waals surface area contributed by atoms with Crippen LogP contribution in [0.1, 0.15) is 100 Å². The van der Waals surface area contributed by atoms with E-state index in [0.29, 0.717) is 11.1 Å². The molecule has 0 unspecified atom stereocenters. The van der Waals surface area contributed by atoms with Crippen molar-refractivity contribution in [2.24, 2.45) is 0 Å². The highest BCUT2D eigenvalue weighted by atomic mass is 14.5. The molecule has 0 heterocycles. The Morgan fingerprint density at radius 1 is 0.173 bits per heavy atom. The zero-order valence-electron chi connectivity index (χ0n) is 57.5. The standard InChI is InChI=1S/C100H70B2N2/c103-75-79-65-61-77(62-66-79)69-71-81-74-96(102(99(89-49-25-7-26-50-89,90-51-27-8-28-52-90)91-53-29-9-30-54-91)100(92-55-31-10-32-56-92,93-57-33-11-34-58-93)94-59-35-12-36-60-94)82(72-70-78-63-67-80(76-104)68-64-78)73-95(81)101(97(83-37-13-1-14-38-83,84-39-15-2-16-40-84)85-41-17-3-18-42-85)98(86-43-19-4-20-44-86,87-45-21-5-22-46-87)88-47-23-6-24-48-88/h1-68,73-74H. The molecule has 0 aliphatic rings. The summed E-state index contributed by atoms with van der Waals surface area (Å²) < 4.78 is 0. The third-order valence-corrected chi connectivity index (χ3v) is 21.0. The quantitative estimate of drug-likeness (QED) is 0.0488. The fraction of sp³-hybridized carbons (Fsp3) is 0.0400. The van der Waals surface area contributed by atoms with Crippen molar-refractivity contribution in [3.8, 4) is 35.8 Å². The minimum atomic E-state index is -1.11. The van der Waals surface area contributed by atoms with Crippen molar-refractivity contribution in [1.29, 1.82) is 10.5 Å². The Morgan fingerprint density at radius 2 is 0.317 bits per heavy atom. The van der Waals surface area contributed by atoms with Crippen LogP contribution in [0.3, 0.4) is 0 Å². The Hall–Kier alpha value is -13.5. The number of hydrogen-bond donors (Lipinski definition) is 0. The van der Waals surface area contributed by atoms with E-state index in [4.69, 9.17) is 0 Å². The number of hydrogen-bond acceptors (Lipinski definition) is 2. The first-order valence-corrected chi connectivity index (χ1v) is 35.4. The van der Waals surface area contributed by atoms with E-state index in [1.54, 1.807) is 0 Å². The fourth-order valence-corrected chi connectivity index (χ4v) is 16.9. The summed E-state index contributed by atoms with van der Waals surface area (Å²) in [4.78, 5) is 0. The lowest BCUT2D eigenvalue weighted by Gasteiger charge is -2.53. The summed E-state index contributed by atoms with van der Waals surface area (Å²) in [6.07, 6.45) is 0. The zero-order chi connectivity index (χ0) is 70.4. The highest BCUT2D eigenvalue weighted by Crippen LogP contribution is 2.56. The normalized spacial score (nSPS) is 11.3. The minimum absolute atomic E-state index is 0.543. The van der Waals surface area contributed by atoms with Crippen molar-refractivity contribution < 1.29 is 0 Å². The van der Waals surface area contributed by atoms with Crippen molar-refractivity contribution in [3.63, 3.8) is 0 Å². The Kier molecular flexibility index (Phi) is 19.3. The first-order valence-electron chi connectivity index (χ1n) is 35.4. The summed E-state index contributed by atoms with van der Waals surface area (Å²) in [6, 6.07) is 158. The van der Waals surface area contributed by atoms with E-state index < -0.39 is 34.7 Å². The van der Waals surface area contributed by atoms with Crippen LogP contribution < -0.4 is 10.9 Å². The van der Waals surface area contributed by atoms with Gasteiger partial charge in [-0.2, -0.15) is 10.5 Å². The van der Waals surface area contributed by atoms with Crippen LogP contribution in [0.2, 0.25) is 0 Å². The molecule has 15 aromatic rings. The van der Waals surface area contributed by atoms with Gasteiger partial charge < -0.3 is 0 Å². The minimum Gasteiger partial charge on any atom is -0.192 e. The Balaban J connectivity index is 1.27. The molecule has 0 spiro atoms. The van der Waals surface area contributed by atoms with Gasteiger partial charge in [-0.1, -0.05) is 411 Å². The van der Waals surface area contributed by atoms with E-state index in [-0.39, 0.29) is 0 Å². The molecule has 0 fully saturated rings. The molecule has 0 amide bonds. The fourth-order valence-electron chi connectivity index (χ4n) is 16.9. The summed E-state index contributed by atoms with van der Waals surface area (Å²) in [5, 5.41) is 16.2. The summed E-state index contributed by atoms with van der Waals surface area (Å²) in [5.74, 6) is 16.0. The smallest absolute Gasteiger partial charge is 0.192 e. The van der Waals surface area contributed by atoms with Crippen LogP contribution >= 0.6 is 0 Å². The van der Waals surface area contributed by atoms with Gasteiger partial charge in [-0.15, -0.1) is 0 Å². The van der Waals surface area contributed by atoms with E-state index in [9.17, 15) is 10.5 Å². The lowest BCUT2D eigenvalue weighted by molar-refractivity contribution is 0.758. The molecule has 4 heteroatoms. The van der Waals surface area contributed by atoms with Gasteiger partial charge in [0.1, 0.15) is 0 Å². The van der Waals surface area contributed by atoms with E-state index in [1.165, 1.54) is 0 Å². The molecule has 0 aliphatic heterocycles. The van der Waals surface area contributed by atoms with Crippen molar-refractivity contribution in [2.45, 2.75) is 21.3 Å². The molecule has 0 radical (unpaired) electrons. The third-order valence-electron chi connectivity index (χ3n) is 21.0.